The summed E-state index contributed by atoms with van der Waals surface area (Å²) in [4.78, 5) is 63.1. The van der Waals surface area contributed by atoms with Gasteiger partial charge in [0.2, 0.25) is 11.8 Å². The summed E-state index contributed by atoms with van der Waals surface area (Å²) in [5.74, 6) is -1.45. The van der Waals surface area contributed by atoms with E-state index in [4.69, 9.17) is 26.4 Å². The Morgan fingerprint density at radius 3 is 2.26 bits per heavy atom. The number of aryl methyl sites for hydroxylation is 1. The van der Waals surface area contributed by atoms with Gasteiger partial charge in [0.1, 0.15) is 42.4 Å². The topological polar surface area (TPSA) is 166 Å². The second-order valence-corrected chi connectivity index (χ2v) is 20.0. The van der Waals surface area contributed by atoms with Crippen LogP contribution in [0.2, 0.25) is 0 Å². The van der Waals surface area contributed by atoms with Crippen LogP contribution < -0.4 is 25.2 Å². The van der Waals surface area contributed by atoms with E-state index in [-0.39, 0.29) is 60.3 Å². The lowest BCUT2D eigenvalue weighted by atomic mass is 9.85. The van der Waals surface area contributed by atoms with Gasteiger partial charge in [0, 0.05) is 24.3 Å². The first-order chi connectivity index (χ1) is 34.1. The van der Waals surface area contributed by atoms with E-state index >= 15 is 4.39 Å². The molecule has 0 bridgehead atoms. The molecule has 20 heteroatoms. The molecule has 14 nitrogen and oxygen atoms in total. The Morgan fingerprint density at radius 1 is 0.944 bits per heavy atom. The molecule has 5 aromatic rings. The second-order valence-electron chi connectivity index (χ2n) is 18.8. The van der Waals surface area contributed by atoms with Gasteiger partial charge in [-0.05, 0) is 116 Å². The number of alkyl halides is 3. The summed E-state index contributed by atoms with van der Waals surface area (Å²) in [7, 11) is 0. The molecule has 1 aromatic heterocycles. The number of alkyl carbamates (subject to hydrolysis) is 1. The zero-order chi connectivity index (χ0) is 52.1. The lowest BCUT2D eigenvalue weighted by molar-refractivity contribution is -0.142. The highest BCUT2D eigenvalue weighted by Crippen LogP contribution is 2.41. The van der Waals surface area contributed by atoms with Crippen molar-refractivity contribution in [1.29, 1.82) is 5.26 Å². The number of hydrogen-bond donors (Lipinski definition) is 2. The number of likely N-dealkylation sites (tertiary alicyclic amines) is 1. The molecule has 0 saturated carbocycles. The SMILES string of the molecule is Cc1ncsc1-c1ccc(CNC(=O)[C@@H]2CCCN2C(=O)[C@@H](NC(=O)OCCOCCOc2ccc(-c3ccc(N4C(=S)N(c5ccc(C#N)c(C(F)(F)F)c5)C(=O)C4(C)C)cc3F)cc2)C(C)(C)C)cc1. The first kappa shape index (κ1) is 52.9. The average molecular weight is 1030 g/mol. The predicted octanol–water partition coefficient (Wildman–Crippen LogP) is 9.58. The van der Waals surface area contributed by atoms with Crippen molar-refractivity contribution in [3.8, 4) is 33.4 Å². The molecule has 7 rings (SSSR count). The number of amides is 4. The third-order valence-electron chi connectivity index (χ3n) is 12.3. The summed E-state index contributed by atoms with van der Waals surface area (Å²) in [5, 5.41) is 14.7. The normalized spacial score (nSPS) is 16.1. The summed E-state index contributed by atoms with van der Waals surface area (Å²) in [6.07, 6.45) is -4.52. The fraction of sp³-hybridized carbons (Fsp3) is 0.365. The molecular weight excluding hydrogens is 975 g/mol. The number of halogens is 4. The van der Waals surface area contributed by atoms with E-state index in [0.29, 0.717) is 43.3 Å². The van der Waals surface area contributed by atoms with Crippen LogP contribution in [-0.2, 0) is 36.6 Å². The highest BCUT2D eigenvalue weighted by atomic mass is 32.1. The quantitative estimate of drug-likeness (QED) is 0.0549. The van der Waals surface area contributed by atoms with Crippen LogP contribution in [0.15, 0.2) is 90.4 Å². The van der Waals surface area contributed by atoms with Gasteiger partial charge in [-0.15, -0.1) is 11.3 Å². The van der Waals surface area contributed by atoms with Crippen LogP contribution in [0.25, 0.3) is 21.6 Å². The Morgan fingerprint density at radius 2 is 1.62 bits per heavy atom. The van der Waals surface area contributed by atoms with Crippen molar-refractivity contribution in [2.75, 3.05) is 42.8 Å². The number of aromatic nitrogens is 1. The number of ether oxygens (including phenoxy) is 3. The molecule has 2 aliphatic heterocycles. The van der Waals surface area contributed by atoms with Crippen molar-refractivity contribution in [2.24, 2.45) is 5.41 Å². The summed E-state index contributed by atoms with van der Waals surface area (Å²) < 4.78 is 73.8. The molecule has 0 unspecified atom stereocenters. The van der Waals surface area contributed by atoms with Gasteiger partial charge < -0.3 is 34.6 Å². The maximum atomic E-state index is 15.8. The van der Waals surface area contributed by atoms with Crippen molar-refractivity contribution >= 4 is 63.9 Å². The highest BCUT2D eigenvalue weighted by Gasteiger charge is 2.51. The molecule has 0 spiro atoms. The fourth-order valence-corrected chi connectivity index (χ4v) is 9.85. The molecule has 2 aliphatic rings. The van der Waals surface area contributed by atoms with Crippen LogP contribution in [0, 0.1) is 29.5 Å². The van der Waals surface area contributed by atoms with Crippen LogP contribution in [0.4, 0.5) is 33.7 Å². The minimum Gasteiger partial charge on any atom is -0.491 e. The second kappa shape index (κ2) is 21.8. The van der Waals surface area contributed by atoms with Crippen LogP contribution >= 0.6 is 23.6 Å². The molecule has 2 saturated heterocycles. The minimum atomic E-state index is -4.86. The Hall–Kier alpha value is -6.95. The van der Waals surface area contributed by atoms with Crippen LogP contribution in [-0.4, -0.2) is 89.4 Å². The van der Waals surface area contributed by atoms with Crippen LogP contribution in [0.3, 0.4) is 0 Å². The largest absolute Gasteiger partial charge is 0.491 e. The van der Waals surface area contributed by atoms with E-state index in [1.807, 2.05) is 57.5 Å². The number of anilines is 2. The number of thiocarbonyl (C=S) groups is 1. The average Bonchev–Trinajstić information content (AvgIpc) is 4.05. The molecule has 0 aliphatic carbocycles. The number of hydrogen-bond acceptors (Lipinski definition) is 11. The zero-order valence-electron chi connectivity index (χ0n) is 40.4. The predicted molar refractivity (Wildman–Crippen MR) is 268 cm³/mol. The van der Waals surface area contributed by atoms with Crippen molar-refractivity contribution < 1.29 is 51.0 Å². The molecule has 2 N–H and O–H groups in total. The molecule has 2 atom stereocenters. The number of carbonyl (C=O) groups is 4. The maximum absolute atomic E-state index is 15.8. The number of nitriles is 1. The molecule has 3 heterocycles. The van der Waals surface area contributed by atoms with Gasteiger partial charge >= 0.3 is 12.3 Å². The van der Waals surface area contributed by atoms with E-state index in [0.717, 1.165) is 32.7 Å². The van der Waals surface area contributed by atoms with Crippen molar-refractivity contribution in [3.05, 3.63) is 119 Å². The highest BCUT2D eigenvalue weighted by molar-refractivity contribution is 7.81. The molecule has 378 valence electrons. The van der Waals surface area contributed by atoms with Crippen molar-refractivity contribution in [3.63, 3.8) is 0 Å². The van der Waals surface area contributed by atoms with E-state index in [9.17, 15) is 37.6 Å². The molecule has 4 aromatic carbocycles. The number of rotatable bonds is 16. The minimum absolute atomic E-state index is 0.0427. The molecule has 2 fully saturated rings. The molecule has 4 amide bonds. The van der Waals surface area contributed by atoms with Gasteiger partial charge in [0.05, 0.1) is 52.2 Å². The summed E-state index contributed by atoms with van der Waals surface area (Å²) >= 11 is 7.16. The van der Waals surface area contributed by atoms with Gasteiger partial charge in [-0.2, -0.15) is 18.4 Å². The summed E-state index contributed by atoms with van der Waals surface area (Å²) in [6.45, 7) is 11.4. The summed E-state index contributed by atoms with van der Waals surface area (Å²) in [6, 6.07) is 21.5. The fourth-order valence-electron chi connectivity index (χ4n) is 8.52. The van der Waals surface area contributed by atoms with Gasteiger partial charge in [-0.3, -0.25) is 19.3 Å². The number of nitrogens with zero attached hydrogens (tertiary/aromatic N) is 5. The van der Waals surface area contributed by atoms with Crippen LogP contribution in [0.1, 0.15) is 69.8 Å². The van der Waals surface area contributed by atoms with Crippen molar-refractivity contribution in [1.82, 2.24) is 20.5 Å². The van der Waals surface area contributed by atoms with Crippen LogP contribution in [0.5, 0.6) is 5.75 Å². The first-order valence-electron chi connectivity index (χ1n) is 23.0. The smallest absolute Gasteiger partial charge is 0.417 e. The Bertz CT molecular complexity index is 2880. The lowest BCUT2D eigenvalue weighted by Gasteiger charge is -2.35. The summed E-state index contributed by atoms with van der Waals surface area (Å²) in [5.41, 5.74) is 1.57. The number of carbonyl (C=O) groups excluding carboxylic acids is 4. The zero-order valence-corrected chi connectivity index (χ0v) is 42.0. The Kier molecular flexibility index (Phi) is 16.0. The molecular formula is C52H53F4N7O7S2. The maximum Gasteiger partial charge on any atom is 0.417 e. The first-order valence-corrected chi connectivity index (χ1v) is 24.3. The Balaban J connectivity index is 0.846. The van der Waals surface area contributed by atoms with E-state index in [2.05, 4.69) is 15.6 Å². The third kappa shape index (κ3) is 11.7. The number of nitrogens with one attached hydrogen (secondary N) is 2. The van der Waals surface area contributed by atoms with Crippen molar-refractivity contribution in [2.45, 2.75) is 84.7 Å². The molecule has 72 heavy (non-hydrogen) atoms. The van der Waals surface area contributed by atoms with E-state index in [1.165, 1.54) is 47.9 Å². The number of benzene rings is 4. The molecule has 0 radical (unpaired) electrons. The van der Waals surface area contributed by atoms with E-state index in [1.54, 1.807) is 41.7 Å². The van der Waals surface area contributed by atoms with Gasteiger partial charge in [-0.1, -0.05) is 57.2 Å². The van der Waals surface area contributed by atoms with E-state index < -0.39 is 58.2 Å². The number of thiazole rings is 1. The lowest BCUT2D eigenvalue weighted by Crippen LogP contribution is -2.57. The van der Waals surface area contributed by atoms with Gasteiger partial charge in [0.15, 0.2) is 5.11 Å². The standard InChI is InChI=1S/C52H53F4N7O7S2/c1-31-43(72-30-59-31)34-11-9-32(10-12-34)29-58-45(64)42-8-7-21-61(42)46(65)44(50(2,3)4)60-48(67)70-25-23-68-22-24-69-38-18-14-33(15-19-38)39-20-17-37(27-41(39)53)63-49(71)62(47(66)51(63,5)6)36-16-13-35(28-57)40(26-36)52(54,55)56/h9-20,26-27,30,42,44H,7-8,21-25,29H2,1-6H3,(H,58,64)(H,60,67)/t42-,44+/m0/s1. The Labute approximate surface area is 423 Å². The monoisotopic (exact) mass is 1030 g/mol. The third-order valence-corrected chi connectivity index (χ3v) is 13.7. The van der Waals surface area contributed by atoms with Gasteiger partial charge in [-0.25, -0.2) is 14.2 Å². The van der Waals surface area contributed by atoms with Gasteiger partial charge in [0.25, 0.3) is 5.91 Å².